The van der Waals surface area contributed by atoms with Gasteiger partial charge in [0.2, 0.25) is 5.91 Å². The molecule has 0 aromatic carbocycles. The number of amides is 2. The van der Waals surface area contributed by atoms with Crippen molar-refractivity contribution in [2.24, 2.45) is 0 Å². The van der Waals surface area contributed by atoms with E-state index in [0.717, 1.165) is 49.7 Å². The van der Waals surface area contributed by atoms with E-state index in [1.807, 2.05) is 18.0 Å². The Kier molecular flexibility index (Phi) is 4.36. The van der Waals surface area contributed by atoms with Gasteiger partial charge in [-0.2, -0.15) is 5.10 Å². The van der Waals surface area contributed by atoms with E-state index in [1.165, 1.54) is 12.0 Å². The van der Waals surface area contributed by atoms with Gasteiger partial charge in [0, 0.05) is 30.3 Å². The summed E-state index contributed by atoms with van der Waals surface area (Å²) in [6.07, 6.45) is 9.14. The molecule has 1 unspecified atom stereocenters. The van der Waals surface area contributed by atoms with E-state index in [9.17, 15) is 9.59 Å². The van der Waals surface area contributed by atoms with Crippen LogP contribution in [0.5, 0.6) is 0 Å². The van der Waals surface area contributed by atoms with Gasteiger partial charge < -0.3 is 10.2 Å². The Morgan fingerprint density at radius 3 is 2.76 bits per heavy atom. The van der Waals surface area contributed by atoms with Crippen LogP contribution in [-0.4, -0.2) is 46.0 Å². The third kappa shape index (κ3) is 3.10. The Bertz CT molecular complexity index is 717. The Hall–Kier alpha value is -2.11. The SMILES string of the molecule is CC1=C(C(=O)NC2CCN(C(=O)c3[nH]ncc3C3CCC3)C2)CCC1. The summed E-state index contributed by atoms with van der Waals surface area (Å²) in [5.41, 5.74) is 3.87. The van der Waals surface area contributed by atoms with Crippen LogP contribution in [0.3, 0.4) is 0 Å². The Morgan fingerprint density at radius 1 is 1.24 bits per heavy atom. The molecule has 6 heteroatoms. The summed E-state index contributed by atoms with van der Waals surface area (Å²) in [5, 5.41) is 10.1. The number of hydrogen-bond donors (Lipinski definition) is 2. The minimum Gasteiger partial charge on any atom is -0.348 e. The van der Waals surface area contributed by atoms with E-state index in [-0.39, 0.29) is 17.9 Å². The maximum atomic E-state index is 12.8. The molecule has 1 saturated heterocycles. The average molecular weight is 342 g/mol. The summed E-state index contributed by atoms with van der Waals surface area (Å²) in [6.45, 7) is 3.32. The first-order valence-electron chi connectivity index (χ1n) is 9.45. The average Bonchev–Trinajstić information content (AvgIpc) is 3.25. The summed E-state index contributed by atoms with van der Waals surface area (Å²) < 4.78 is 0. The van der Waals surface area contributed by atoms with Gasteiger partial charge >= 0.3 is 0 Å². The minimum absolute atomic E-state index is 0.0208. The monoisotopic (exact) mass is 342 g/mol. The molecule has 3 aliphatic rings. The molecule has 1 saturated carbocycles. The zero-order chi connectivity index (χ0) is 17.4. The van der Waals surface area contributed by atoms with Gasteiger partial charge in [-0.05, 0) is 51.4 Å². The molecule has 0 bridgehead atoms. The second-order valence-electron chi connectivity index (χ2n) is 7.65. The highest BCUT2D eigenvalue weighted by atomic mass is 16.2. The van der Waals surface area contributed by atoms with Crippen molar-refractivity contribution in [2.75, 3.05) is 13.1 Å². The zero-order valence-corrected chi connectivity index (χ0v) is 14.8. The second kappa shape index (κ2) is 6.65. The number of allylic oxidation sites excluding steroid dienone is 1. The van der Waals surface area contributed by atoms with Crippen molar-refractivity contribution < 1.29 is 9.59 Å². The molecule has 2 N–H and O–H groups in total. The number of nitrogens with zero attached hydrogens (tertiary/aromatic N) is 2. The molecule has 4 rings (SSSR count). The fraction of sp³-hybridized carbons (Fsp3) is 0.632. The van der Waals surface area contributed by atoms with E-state index in [2.05, 4.69) is 15.5 Å². The molecular formula is C19H26N4O2. The molecule has 1 aromatic heterocycles. The standard InChI is InChI=1S/C19H26N4O2/c1-12-4-2-7-15(12)18(24)21-14-8-9-23(11-14)19(25)17-16(10-20-22-17)13-5-3-6-13/h10,13-14H,2-9,11H2,1H3,(H,20,22)(H,21,24). The molecule has 1 aromatic rings. The van der Waals surface area contributed by atoms with Gasteiger partial charge in [0.1, 0.15) is 5.69 Å². The van der Waals surface area contributed by atoms with Crippen LogP contribution in [0.25, 0.3) is 0 Å². The van der Waals surface area contributed by atoms with Gasteiger partial charge in [-0.1, -0.05) is 12.0 Å². The number of rotatable bonds is 4. The van der Waals surface area contributed by atoms with Gasteiger partial charge in [0.15, 0.2) is 0 Å². The normalized spacial score (nSPS) is 23.9. The molecule has 2 amide bonds. The van der Waals surface area contributed by atoms with Crippen molar-refractivity contribution in [3.05, 3.63) is 28.6 Å². The number of likely N-dealkylation sites (tertiary alicyclic amines) is 1. The van der Waals surface area contributed by atoms with Gasteiger partial charge in [0.25, 0.3) is 5.91 Å². The third-order valence-electron chi connectivity index (χ3n) is 6.01. The van der Waals surface area contributed by atoms with Crippen molar-refractivity contribution in [1.82, 2.24) is 20.4 Å². The van der Waals surface area contributed by atoms with Crippen LogP contribution in [0, 0.1) is 0 Å². The lowest BCUT2D eigenvalue weighted by Crippen LogP contribution is -2.39. The molecular weight excluding hydrogens is 316 g/mol. The highest BCUT2D eigenvalue weighted by molar-refractivity contribution is 5.96. The number of carbonyl (C=O) groups is 2. The number of aromatic amines is 1. The first-order valence-corrected chi connectivity index (χ1v) is 9.45. The molecule has 134 valence electrons. The number of hydrogen-bond acceptors (Lipinski definition) is 3. The highest BCUT2D eigenvalue weighted by Crippen LogP contribution is 2.37. The molecule has 2 fully saturated rings. The molecule has 6 nitrogen and oxygen atoms in total. The van der Waals surface area contributed by atoms with Crippen LogP contribution in [-0.2, 0) is 4.79 Å². The van der Waals surface area contributed by atoms with E-state index >= 15 is 0 Å². The molecule has 1 aliphatic heterocycles. The smallest absolute Gasteiger partial charge is 0.272 e. The van der Waals surface area contributed by atoms with Crippen LogP contribution in [0.1, 0.15) is 73.8 Å². The first kappa shape index (κ1) is 16.4. The molecule has 2 aliphatic carbocycles. The first-order chi connectivity index (χ1) is 12.1. The van der Waals surface area contributed by atoms with E-state index < -0.39 is 0 Å². The van der Waals surface area contributed by atoms with E-state index in [4.69, 9.17) is 0 Å². The van der Waals surface area contributed by atoms with Crippen LogP contribution in [0.2, 0.25) is 0 Å². The summed E-state index contributed by atoms with van der Waals surface area (Å²) in [7, 11) is 0. The van der Waals surface area contributed by atoms with Gasteiger partial charge in [-0.15, -0.1) is 0 Å². The number of aromatic nitrogens is 2. The number of carbonyl (C=O) groups excluding carboxylic acids is 2. The molecule has 0 radical (unpaired) electrons. The van der Waals surface area contributed by atoms with Gasteiger partial charge in [-0.25, -0.2) is 0 Å². The fourth-order valence-corrected chi connectivity index (χ4v) is 4.19. The van der Waals surface area contributed by atoms with Crippen molar-refractivity contribution in [1.29, 1.82) is 0 Å². The zero-order valence-electron chi connectivity index (χ0n) is 14.8. The largest absolute Gasteiger partial charge is 0.348 e. The third-order valence-corrected chi connectivity index (χ3v) is 6.01. The lowest BCUT2D eigenvalue weighted by atomic mass is 9.80. The topological polar surface area (TPSA) is 78.1 Å². The quantitative estimate of drug-likeness (QED) is 0.882. The van der Waals surface area contributed by atoms with Crippen molar-refractivity contribution in [3.63, 3.8) is 0 Å². The molecule has 2 heterocycles. The number of H-pyrrole nitrogens is 1. The number of nitrogens with one attached hydrogen (secondary N) is 2. The lowest BCUT2D eigenvalue weighted by Gasteiger charge is -2.26. The molecule has 1 atom stereocenters. The van der Waals surface area contributed by atoms with Crippen LogP contribution in [0.15, 0.2) is 17.3 Å². The predicted molar refractivity (Wildman–Crippen MR) is 94.2 cm³/mol. The summed E-state index contributed by atoms with van der Waals surface area (Å²) in [6, 6.07) is 0.0485. The van der Waals surface area contributed by atoms with Crippen LogP contribution >= 0.6 is 0 Å². The fourth-order valence-electron chi connectivity index (χ4n) is 4.19. The Balaban J connectivity index is 1.37. The van der Waals surface area contributed by atoms with Crippen LogP contribution in [0.4, 0.5) is 0 Å². The summed E-state index contributed by atoms with van der Waals surface area (Å²) in [5.74, 6) is 0.562. The predicted octanol–water partition coefficient (Wildman–Crippen LogP) is 2.51. The van der Waals surface area contributed by atoms with Crippen molar-refractivity contribution in [2.45, 2.75) is 63.8 Å². The van der Waals surface area contributed by atoms with Crippen LogP contribution < -0.4 is 5.32 Å². The van der Waals surface area contributed by atoms with Gasteiger partial charge in [-0.3, -0.25) is 14.7 Å². The summed E-state index contributed by atoms with van der Waals surface area (Å²) in [4.78, 5) is 27.1. The maximum Gasteiger partial charge on any atom is 0.272 e. The van der Waals surface area contributed by atoms with Crippen molar-refractivity contribution >= 4 is 11.8 Å². The summed E-state index contributed by atoms with van der Waals surface area (Å²) >= 11 is 0. The minimum atomic E-state index is 0.0208. The van der Waals surface area contributed by atoms with E-state index in [0.29, 0.717) is 24.7 Å². The second-order valence-corrected chi connectivity index (χ2v) is 7.65. The maximum absolute atomic E-state index is 12.8. The van der Waals surface area contributed by atoms with E-state index in [1.54, 1.807) is 0 Å². The lowest BCUT2D eigenvalue weighted by molar-refractivity contribution is -0.118. The van der Waals surface area contributed by atoms with Crippen molar-refractivity contribution in [3.8, 4) is 0 Å². The molecule has 25 heavy (non-hydrogen) atoms. The Labute approximate surface area is 148 Å². The Morgan fingerprint density at radius 2 is 2.08 bits per heavy atom. The molecule has 0 spiro atoms. The highest BCUT2D eigenvalue weighted by Gasteiger charge is 2.33. The van der Waals surface area contributed by atoms with Gasteiger partial charge in [0.05, 0.1) is 6.20 Å².